The van der Waals surface area contributed by atoms with Gasteiger partial charge in [0.05, 0.1) is 0 Å². The Hall–Kier alpha value is -1.86. The van der Waals surface area contributed by atoms with E-state index in [4.69, 9.17) is 10.3 Å². The van der Waals surface area contributed by atoms with Gasteiger partial charge in [-0.2, -0.15) is 0 Å². The minimum absolute atomic E-state index is 0.0836. The molecule has 0 aliphatic rings. The molecule has 0 atom stereocenters. The molecule has 106 valence electrons. The number of rotatable bonds is 4. The van der Waals surface area contributed by atoms with Crippen LogP contribution in [0.2, 0.25) is 0 Å². The number of hydrogen-bond donors (Lipinski definition) is 2. The van der Waals surface area contributed by atoms with Gasteiger partial charge in [0.1, 0.15) is 17.4 Å². The van der Waals surface area contributed by atoms with Crippen molar-refractivity contribution in [1.29, 1.82) is 0 Å². The highest BCUT2D eigenvalue weighted by Gasteiger charge is 2.14. The van der Waals surface area contributed by atoms with E-state index in [0.717, 1.165) is 35.5 Å². The van der Waals surface area contributed by atoms with E-state index in [0.29, 0.717) is 11.5 Å². The summed E-state index contributed by atoms with van der Waals surface area (Å²) in [6, 6.07) is 4.80. The van der Waals surface area contributed by atoms with Gasteiger partial charge in [-0.1, -0.05) is 0 Å². The molecule has 20 heavy (non-hydrogen) atoms. The predicted octanol–water partition coefficient (Wildman–Crippen LogP) is 2.76. The SMILES string of the molecule is Cc1oc(C(=O)NN)cc1CSc1cc(F)ccc1F. The second kappa shape index (κ2) is 6.06. The molecule has 0 fully saturated rings. The quantitative estimate of drug-likeness (QED) is 0.394. The number of aryl methyl sites for hydroxylation is 1. The van der Waals surface area contributed by atoms with Gasteiger partial charge in [-0.25, -0.2) is 14.6 Å². The van der Waals surface area contributed by atoms with Gasteiger partial charge in [-0.3, -0.25) is 10.2 Å². The van der Waals surface area contributed by atoms with E-state index in [1.807, 2.05) is 5.43 Å². The average molecular weight is 298 g/mol. The van der Waals surface area contributed by atoms with E-state index in [1.54, 1.807) is 6.92 Å². The average Bonchev–Trinajstić information content (AvgIpc) is 2.80. The van der Waals surface area contributed by atoms with Crippen LogP contribution in [-0.4, -0.2) is 5.91 Å². The topological polar surface area (TPSA) is 68.3 Å². The molecule has 0 saturated carbocycles. The monoisotopic (exact) mass is 298 g/mol. The van der Waals surface area contributed by atoms with Gasteiger partial charge < -0.3 is 4.42 Å². The van der Waals surface area contributed by atoms with Crippen molar-refractivity contribution >= 4 is 17.7 Å². The van der Waals surface area contributed by atoms with Crippen molar-refractivity contribution in [3.05, 3.63) is 53.0 Å². The summed E-state index contributed by atoms with van der Waals surface area (Å²) in [6.07, 6.45) is 0. The first-order valence-electron chi connectivity index (χ1n) is 5.69. The lowest BCUT2D eigenvalue weighted by molar-refractivity contribution is 0.0924. The Morgan fingerprint density at radius 3 is 2.85 bits per heavy atom. The smallest absolute Gasteiger partial charge is 0.300 e. The molecule has 2 aromatic rings. The van der Waals surface area contributed by atoms with Crippen LogP contribution >= 0.6 is 11.8 Å². The maximum atomic E-state index is 13.5. The number of furan rings is 1. The molecule has 3 N–H and O–H groups in total. The molecule has 1 amide bonds. The van der Waals surface area contributed by atoms with Crippen LogP contribution in [0.25, 0.3) is 0 Å². The molecule has 0 saturated heterocycles. The lowest BCUT2D eigenvalue weighted by Crippen LogP contribution is -2.29. The Kier molecular flexibility index (Phi) is 4.41. The molecule has 0 bridgehead atoms. The number of thioether (sulfide) groups is 1. The Labute approximate surface area is 118 Å². The maximum Gasteiger partial charge on any atom is 0.300 e. The summed E-state index contributed by atoms with van der Waals surface area (Å²) in [4.78, 5) is 11.5. The van der Waals surface area contributed by atoms with Crippen LogP contribution < -0.4 is 11.3 Å². The van der Waals surface area contributed by atoms with Gasteiger partial charge in [0.2, 0.25) is 0 Å². The number of halogens is 2. The van der Waals surface area contributed by atoms with Gasteiger partial charge in [-0.05, 0) is 31.2 Å². The first-order chi connectivity index (χ1) is 9.51. The van der Waals surface area contributed by atoms with E-state index in [9.17, 15) is 13.6 Å². The van der Waals surface area contributed by atoms with Crippen molar-refractivity contribution in [1.82, 2.24) is 5.43 Å². The maximum absolute atomic E-state index is 13.5. The van der Waals surface area contributed by atoms with E-state index in [-0.39, 0.29) is 10.7 Å². The van der Waals surface area contributed by atoms with Crippen molar-refractivity contribution in [2.75, 3.05) is 0 Å². The van der Waals surface area contributed by atoms with Gasteiger partial charge in [-0.15, -0.1) is 11.8 Å². The second-order valence-electron chi connectivity index (χ2n) is 4.03. The Morgan fingerprint density at radius 1 is 1.40 bits per heavy atom. The summed E-state index contributed by atoms with van der Waals surface area (Å²) in [6.45, 7) is 1.69. The van der Waals surface area contributed by atoms with Gasteiger partial charge in [0.15, 0.2) is 5.76 Å². The third kappa shape index (κ3) is 3.17. The number of carbonyl (C=O) groups excluding carboxylic acids is 1. The summed E-state index contributed by atoms with van der Waals surface area (Å²) in [5.74, 6) is 4.45. The van der Waals surface area contributed by atoms with Crippen LogP contribution in [0.1, 0.15) is 21.9 Å². The Bertz CT molecular complexity index is 643. The highest BCUT2D eigenvalue weighted by Crippen LogP contribution is 2.28. The number of nitrogens with one attached hydrogen (secondary N) is 1. The third-order valence-electron chi connectivity index (χ3n) is 2.65. The first kappa shape index (κ1) is 14.5. The fourth-order valence-corrected chi connectivity index (χ4v) is 2.59. The largest absolute Gasteiger partial charge is 0.456 e. The molecule has 0 aliphatic heterocycles. The van der Waals surface area contributed by atoms with Crippen molar-refractivity contribution in [2.45, 2.75) is 17.6 Å². The number of benzene rings is 1. The molecule has 7 heteroatoms. The molecule has 2 rings (SSSR count). The lowest BCUT2D eigenvalue weighted by Gasteiger charge is -2.02. The lowest BCUT2D eigenvalue weighted by atomic mass is 10.3. The zero-order valence-electron chi connectivity index (χ0n) is 10.6. The first-order valence-corrected chi connectivity index (χ1v) is 6.68. The summed E-state index contributed by atoms with van der Waals surface area (Å²) in [5, 5.41) is 0. The minimum atomic E-state index is -0.540. The fraction of sp³-hybridized carbons (Fsp3) is 0.154. The molecule has 1 aromatic carbocycles. The number of hydrazine groups is 1. The molecular formula is C13H12F2N2O2S. The van der Waals surface area contributed by atoms with E-state index < -0.39 is 17.5 Å². The summed E-state index contributed by atoms with van der Waals surface area (Å²) >= 11 is 1.12. The van der Waals surface area contributed by atoms with Crippen molar-refractivity contribution in [3.8, 4) is 0 Å². The molecule has 1 heterocycles. The van der Waals surface area contributed by atoms with Crippen molar-refractivity contribution in [2.24, 2.45) is 5.84 Å². The molecule has 0 aliphatic carbocycles. The Balaban J connectivity index is 2.13. The normalized spacial score (nSPS) is 10.6. The molecule has 4 nitrogen and oxygen atoms in total. The van der Waals surface area contributed by atoms with Crippen LogP contribution in [0.15, 0.2) is 33.6 Å². The number of amides is 1. The van der Waals surface area contributed by atoms with Crippen molar-refractivity contribution < 1.29 is 18.0 Å². The van der Waals surface area contributed by atoms with Crippen LogP contribution in [0, 0.1) is 18.6 Å². The zero-order valence-corrected chi connectivity index (χ0v) is 11.4. The zero-order chi connectivity index (χ0) is 14.7. The molecular weight excluding hydrogens is 286 g/mol. The standard InChI is InChI=1S/C13H12F2N2O2S/c1-7-8(4-11(19-7)13(18)17-16)6-20-12-5-9(14)2-3-10(12)15/h2-5H,6,16H2,1H3,(H,17,18). The fourth-order valence-electron chi connectivity index (χ4n) is 1.59. The van der Waals surface area contributed by atoms with Crippen LogP contribution in [-0.2, 0) is 5.75 Å². The number of carbonyl (C=O) groups is 1. The van der Waals surface area contributed by atoms with Crippen LogP contribution in [0.5, 0.6) is 0 Å². The van der Waals surface area contributed by atoms with Gasteiger partial charge >= 0.3 is 5.91 Å². The summed E-state index contributed by atoms with van der Waals surface area (Å²) in [5.41, 5.74) is 2.68. The van der Waals surface area contributed by atoms with E-state index in [2.05, 4.69) is 0 Å². The summed E-state index contributed by atoms with van der Waals surface area (Å²) in [7, 11) is 0. The molecule has 0 unspecified atom stereocenters. The number of nitrogen functional groups attached to an aromatic ring is 1. The highest BCUT2D eigenvalue weighted by atomic mass is 32.2. The van der Waals surface area contributed by atoms with E-state index >= 15 is 0 Å². The minimum Gasteiger partial charge on any atom is -0.456 e. The van der Waals surface area contributed by atoms with Gasteiger partial charge in [0.25, 0.3) is 0 Å². The number of hydrogen-bond acceptors (Lipinski definition) is 4. The van der Waals surface area contributed by atoms with Crippen LogP contribution in [0.4, 0.5) is 8.78 Å². The predicted molar refractivity (Wildman–Crippen MR) is 71.0 cm³/mol. The number of nitrogens with two attached hydrogens (primary N) is 1. The van der Waals surface area contributed by atoms with E-state index in [1.165, 1.54) is 6.07 Å². The van der Waals surface area contributed by atoms with Crippen molar-refractivity contribution in [3.63, 3.8) is 0 Å². The summed E-state index contributed by atoms with van der Waals surface area (Å²) < 4.78 is 31.7. The molecule has 0 radical (unpaired) electrons. The Morgan fingerprint density at radius 2 is 2.15 bits per heavy atom. The van der Waals surface area contributed by atoms with Gasteiger partial charge in [0, 0.05) is 16.2 Å². The molecule has 1 aromatic heterocycles. The van der Waals surface area contributed by atoms with Crippen LogP contribution in [0.3, 0.4) is 0 Å². The third-order valence-corrected chi connectivity index (χ3v) is 3.73. The molecule has 0 spiro atoms. The second-order valence-corrected chi connectivity index (χ2v) is 5.05. The highest BCUT2D eigenvalue weighted by molar-refractivity contribution is 7.98.